The van der Waals surface area contributed by atoms with Crippen LogP contribution in [0.25, 0.3) is 0 Å². The Morgan fingerprint density at radius 1 is 0.857 bits per heavy atom. The van der Waals surface area contributed by atoms with E-state index in [0.717, 1.165) is 17.0 Å². The highest BCUT2D eigenvalue weighted by Crippen LogP contribution is 2.43. The van der Waals surface area contributed by atoms with Gasteiger partial charge in [-0.15, -0.1) is 0 Å². The van der Waals surface area contributed by atoms with E-state index >= 15 is 0 Å². The van der Waals surface area contributed by atoms with Crippen molar-refractivity contribution in [2.45, 2.75) is 26.2 Å². The van der Waals surface area contributed by atoms with E-state index in [1.165, 1.54) is 12.8 Å². The van der Waals surface area contributed by atoms with Gasteiger partial charge in [0.2, 0.25) is 0 Å². The maximum atomic E-state index is 13.6. The number of hydrogen-bond acceptors (Lipinski definition) is 1. The summed E-state index contributed by atoms with van der Waals surface area (Å²) in [6.07, 6.45) is 8.32. The molecule has 0 aromatic heterocycles. The second-order valence-electron chi connectivity index (χ2n) is 5.21. The minimum absolute atomic E-state index is 0.602. The fraction of sp³-hybridized carbons (Fsp3) is 0.263. The summed E-state index contributed by atoms with van der Waals surface area (Å²) in [6, 6.07) is 19.7. The van der Waals surface area contributed by atoms with Gasteiger partial charge >= 0.3 is 0 Å². The average Bonchev–Trinajstić information content (AvgIpc) is 2.56. The van der Waals surface area contributed by atoms with E-state index in [4.69, 9.17) is 0 Å². The predicted molar refractivity (Wildman–Crippen MR) is 93.3 cm³/mol. The van der Waals surface area contributed by atoms with Crippen molar-refractivity contribution < 1.29 is 4.57 Å². The number of rotatable bonds is 7. The molecule has 1 nitrogen and oxygen atoms in total. The Kier molecular flexibility index (Phi) is 6.02. The zero-order chi connectivity index (χ0) is 15.0. The molecule has 0 unspecified atom stereocenters. The Bertz CT molecular complexity index is 558. The summed E-state index contributed by atoms with van der Waals surface area (Å²) in [7, 11) is -2.56. The minimum Gasteiger partial charge on any atom is -0.313 e. The normalized spacial score (nSPS) is 11.9. The molecule has 0 amide bonds. The maximum absolute atomic E-state index is 13.6. The fourth-order valence-corrected chi connectivity index (χ4v) is 4.83. The SMILES string of the molecule is CCCC/C=C/CP(=O)(c1ccccc1)c1ccccc1. The molecule has 2 heteroatoms. The van der Waals surface area contributed by atoms with E-state index in [9.17, 15) is 4.57 Å². The van der Waals surface area contributed by atoms with Gasteiger partial charge in [-0.3, -0.25) is 0 Å². The van der Waals surface area contributed by atoms with Gasteiger partial charge in [-0.2, -0.15) is 0 Å². The standard InChI is InChI=1S/C19H23OP/c1-2-3-4-5-12-17-21(20,18-13-8-6-9-14-18)19-15-10-7-11-16-19/h5-16H,2-4,17H2,1H3/b12-5+. The molecule has 2 aromatic rings. The summed E-state index contributed by atoms with van der Waals surface area (Å²) in [6.45, 7) is 2.19. The fourth-order valence-electron chi connectivity index (χ4n) is 2.36. The van der Waals surface area contributed by atoms with Crippen molar-refractivity contribution in [2.24, 2.45) is 0 Å². The molecule has 0 fully saturated rings. The molecule has 0 radical (unpaired) electrons. The van der Waals surface area contributed by atoms with Gasteiger partial charge in [0.1, 0.15) is 7.14 Å². The van der Waals surface area contributed by atoms with Crippen molar-refractivity contribution in [1.82, 2.24) is 0 Å². The van der Waals surface area contributed by atoms with E-state index in [1.54, 1.807) is 0 Å². The van der Waals surface area contributed by atoms with E-state index < -0.39 is 7.14 Å². The van der Waals surface area contributed by atoms with Crippen LogP contribution in [0.4, 0.5) is 0 Å². The number of benzene rings is 2. The third-order valence-corrected chi connectivity index (χ3v) is 6.59. The first-order valence-electron chi connectivity index (χ1n) is 7.62. The minimum atomic E-state index is -2.56. The van der Waals surface area contributed by atoms with Crippen molar-refractivity contribution in [2.75, 3.05) is 6.16 Å². The van der Waals surface area contributed by atoms with E-state index in [-0.39, 0.29) is 0 Å². The molecule has 110 valence electrons. The van der Waals surface area contributed by atoms with Crippen LogP contribution in [-0.2, 0) is 4.57 Å². The molecule has 0 atom stereocenters. The molecule has 0 bridgehead atoms. The van der Waals surface area contributed by atoms with Crippen molar-refractivity contribution in [1.29, 1.82) is 0 Å². The molecule has 2 rings (SSSR count). The molecule has 0 aliphatic heterocycles. The van der Waals surface area contributed by atoms with Gasteiger partial charge in [0.25, 0.3) is 0 Å². The summed E-state index contributed by atoms with van der Waals surface area (Å²) in [4.78, 5) is 0. The Morgan fingerprint density at radius 2 is 1.38 bits per heavy atom. The first-order chi connectivity index (χ1) is 10.3. The summed E-state index contributed by atoms with van der Waals surface area (Å²) >= 11 is 0. The predicted octanol–water partition coefficient (Wildman–Crippen LogP) is 4.75. The van der Waals surface area contributed by atoms with Crippen molar-refractivity contribution >= 4 is 17.8 Å². The highest BCUT2D eigenvalue weighted by atomic mass is 31.2. The topological polar surface area (TPSA) is 17.1 Å². The number of unbranched alkanes of at least 4 members (excludes halogenated alkanes) is 2. The second-order valence-corrected chi connectivity index (χ2v) is 8.08. The molecule has 0 aliphatic rings. The number of allylic oxidation sites excluding steroid dienone is 2. The van der Waals surface area contributed by atoms with Crippen molar-refractivity contribution in [3.05, 3.63) is 72.8 Å². The lowest BCUT2D eigenvalue weighted by Gasteiger charge is -2.17. The monoisotopic (exact) mass is 298 g/mol. The Morgan fingerprint density at radius 3 is 1.86 bits per heavy atom. The smallest absolute Gasteiger partial charge is 0.146 e. The van der Waals surface area contributed by atoms with Gasteiger partial charge in [-0.05, 0) is 6.42 Å². The molecule has 0 N–H and O–H groups in total. The van der Waals surface area contributed by atoms with Gasteiger partial charge in [-0.25, -0.2) is 0 Å². The lowest BCUT2D eigenvalue weighted by molar-refractivity contribution is 0.588. The lowest BCUT2D eigenvalue weighted by atomic mass is 10.2. The molecule has 0 saturated carbocycles. The van der Waals surface area contributed by atoms with E-state index in [1.807, 2.05) is 60.7 Å². The van der Waals surface area contributed by atoms with Crippen molar-refractivity contribution in [3.8, 4) is 0 Å². The summed E-state index contributed by atoms with van der Waals surface area (Å²) < 4.78 is 13.6. The third-order valence-electron chi connectivity index (χ3n) is 3.60. The molecule has 0 aliphatic carbocycles. The Balaban J connectivity index is 2.28. The van der Waals surface area contributed by atoms with Crippen molar-refractivity contribution in [3.63, 3.8) is 0 Å². The quantitative estimate of drug-likeness (QED) is 0.410. The van der Waals surface area contributed by atoms with Crippen LogP contribution in [0.5, 0.6) is 0 Å². The first-order valence-corrected chi connectivity index (χ1v) is 9.52. The molecule has 0 heterocycles. The highest BCUT2D eigenvalue weighted by molar-refractivity contribution is 7.78. The summed E-state index contributed by atoms with van der Waals surface area (Å²) in [5, 5.41) is 1.88. The zero-order valence-electron chi connectivity index (χ0n) is 12.6. The van der Waals surface area contributed by atoms with Crippen LogP contribution in [0.15, 0.2) is 72.8 Å². The Labute approximate surface area is 128 Å². The molecule has 2 aromatic carbocycles. The van der Waals surface area contributed by atoms with Gasteiger partial charge in [0.15, 0.2) is 0 Å². The number of hydrogen-bond donors (Lipinski definition) is 0. The molecular formula is C19H23OP. The van der Waals surface area contributed by atoms with Gasteiger partial charge in [-0.1, -0.05) is 92.6 Å². The van der Waals surface area contributed by atoms with Crippen LogP contribution in [0.1, 0.15) is 26.2 Å². The van der Waals surface area contributed by atoms with Crippen LogP contribution < -0.4 is 10.6 Å². The third kappa shape index (κ3) is 4.19. The van der Waals surface area contributed by atoms with Gasteiger partial charge in [0.05, 0.1) is 0 Å². The van der Waals surface area contributed by atoms with Gasteiger partial charge in [0, 0.05) is 16.8 Å². The van der Waals surface area contributed by atoms with E-state index in [0.29, 0.717) is 6.16 Å². The second kappa shape index (κ2) is 8.00. The van der Waals surface area contributed by atoms with Crippen LogP contribution in [-0.4, -0.2) is 6.16 Å². The van der Waals surface area contributed by atoms with Gasteiger partial charge < -0.3 is 4.57 Å². The molecule has 0 spiro atoms. The highest BCUT2D eigenvalue weighted by Gasteiger charge is 2.25. The first kappa shape index (κ1) is 15.8. The average molecular weight is 298 g/mol. The molecule has 21 heavy (non-hydrogen) atoms. The zero-order valence-corrected chi connectivity index (χ0v) is 13.5. The van der Waals surface area contributed by atoms with Crippen LogP contribution in [0.2, 0.25) is 0 Å². The maximum Gasteiger partial charge on any atom is 0.146 e. The Hall–Kier alpha value is -1.59. The van der Waals surface area contributed by atoms with E-state index in [2.05, 4.69) is 19.1 Å². The van der Waals surface area contributed by atoms with Crippen LogP contribution >= 0.6 is 7.14 Å². The van der Waals surface area contributed by atoms with Crippen LogP contribution in [0, 0.1) is 0 Å². The molecule has 0 saturated heterocycles. The largest absolute Gasteiger partial charge is 0.313 e. The summed E-state index contributed by atoms with van der Waals surface area (Å²) in [5.74, 6) is 0. The lowest BCUT2D eigenvalue weighted by Crippen LogP contribution is -2.17. The molecular weight excluding hydrogens is 275 g/mol. The van der Waals surface area contributed by atoms with Crippen LogP contribution in [0.3, 0.4) is 0 Å². The summed E-state index contributed by atoms with van der Waals surface area (Å²) in [5.41, 5.74) is 0.